The number of hydrogen-bond acceptors (Lipinski definition) is 6. The number of rotatable bonds is 8. The van der Waals surface area contributed by atoms with E-state index in [1.807, 2.05) is 7.05 Å². The highest BCUT2D eigenvalue weighted by molar-refractivity contribution is 8.76. The molecule has 0 radical (unpaired) electrons. The predicted octanol–water partition coefficient (Wildman–Crippen LogP) is -0.125. The Bertz CT molecular complexity index is 147. The van der Waals surface area contributed by atoms with E-state index in [9.17, 15) is 4.79 Å². The summed E-state index contributed by atoms with van der Waals surface area (Å²) >= 11 is 3.81. The molecular formula is C6H15N3OS3. The number of nitrogens with one attached hydrogen (secondary N) is 2. The molecule has 0 aromatic carbocycles. The van der Waals surface area contributed by atoms with Crippen LogP contribution in [0.1, 0.15) is 0 Å². The monoisotopic (exact) mass is 241 g/mol. The zero-order valence-electron chi connectivity index (χ0n) is 7.45. The van der Waals surface area contributed by atoms with E-state index in [4.69, 9.17) is 5.73 Å². The zero-order chi connectivity index (χ0) is 10.1. The predicted molar refractivity (Wildman–Crippen MR) is 63.9 cm³/mol. The smallest absolute Gasteiger partial charge is 0.236 e. The van der Waals surface area contributed by atoms with Gasteiger partial charge in [0, 0.05) is 18.1 Å². The summed E-state index contributed by atoms with van der Waals surface area (Å²) in [6, 6.07) is -0.351. The summed E-state index contributed by atoms with van der Waals surface area (Å²) in [5, 5.41) is 3.04. The van der Waals surface area contributed by atoms with E-state index >= 15 is 0 Å². The second-order valence-electron chi connectivity index (χ2n) is 2.29. The van der Waals surface area contributed by atoms with E-state index < -0.39 is 0 Å². The lowest BCUT2D eigenvalue weighted by Gasteiger charge is -2.09. The molecule has 0 saturated heterocycles. The van der Waals surface area contributed by atoms with Gasteiger partial charge in [0.05, 0.1) is 0 Å². The largest absolute Gasteiger partial charge is 0.368 e. The highest BCUT2D eigenvalue weighted by Crippen LogP contribution is 2.21. The lowest BCUT2D eigenvalue weighted by Crippen LogP contribution is -2.38. The molecule has 7 heteroatoms. The van der Waals surface area contributed by atoms with E-state index in [0.29, 0.717) is 5.75 Å². The summed E-state index contributed by atoms with van der Waals surface area (Å²) in [7, 11) is 5.24. The molecule has 0 unspecified atom stereocenters. The van der Waals surface area contributed by atoms with E-state index in [1.54, 1.807) is 21.6 Å². The van der Waals surface area contributed by atoms with Crippen LogP contribution in [0.15, 0.2) is 0 Å². The molecule has 13 heavy (non-hydrogen) atoms. The van der Waals surface area contributed by atoms with Gasteiger partial charge in [0.15, 0.2) is 0 Å². The Labute approximate surface area is 92.1 Å². The summed E-state index contributed by atoms with van der Waals surface area (Å²) in [5.41, 5.74) is 5.10. The number of carbonyl (C=O) groups excluding carboxylic acids is 1. The van der Waals surface area contributed by atoms with Crippen LogP contribution in [0, 0.1) is 0 Å². The third kappa shape index (κ3) is 7.51. The molecule has 0 heterocycles. The first-order valence-corrected chi connectivity index (χ1v) is 6.73. The molecule has 0 rings (SSSR count). The Morgan fingerprint density at radius 1 is 1.62 bits per heavy atom. The Balaban J connectivity index is 3.33. The standard InChI is InChI=1S/C6H15N3OS3/c1-8-2-3-12-13-4-5(9-11)6(7)10/h5,8-9,11H,2-4H2,1H3,(H2,7,10)/t5-/m0/s1. The third-order valence-corrected chi connectivity index (χ3v) is 3.98. The minimum atomic E-state index is -0.364. The molecule has 0 saturated carbocycles. The van der Waals surface area contributed by atoms with Crippen molar-refractivity contribution in [2.45, 2.75) is 6.04 Å². The van der Waals surface area contributed by atoms with Crippen LogP contribution < -0.4 is 15.8 Å². The Morgan fingerprint density at radius 3 is 2.77 bits per heavy atom. The molecule has 78 valence electrons. The van der Waals surface area contributed by atoms with Gasteiger partial charge in [-0.1, -0.05) is 34.4 Å². The van der Waals surface area contributed by atoms with Crippen molar-refractivity contribution in [1.82, 2.24) is 10.0 Å². The van der Waals surface area contributed by atoms with Crippen molar-refractivity contribution < 1.29 is 4.79 Å². The molecule has 0 spiro atoms. The van der Waals surface area contributed by atoms with Crippen LogP contribution in [-0.4, -0.2) is 37.0 Å². The lowest BCUT2D eigenvalue weighted by atomic mass is 10.3. The van der Waals surface area contributed by atoms with Crippen LogP contribution in [0.25, 0.3) is 0 Å². The average Bonchev–Trinajstić information content (AvgIpc) is 2.10. The normalized spacial score (nSPS) is 12.8. The van der Waals surface area contributed by atoms with Crippen molar-refractivity contribution in [2.75, 3.05) is 25.1 Å². The molecule has 0 aromatic rings. The fraction of sp³-hybridized carbons (Fsp3) is 0.833. The lowest BCUT2D eigenvalue weighted by molar-refractivity contribution is -0.119. The van der Waals surface area contributed by atoms with Crippen LogP contribution in [0.2, 0.25) is 0 Å². The molecule has 4 N–H and O–H groups in total. The van der Waals surface area contributed by atoms with Gasteiger partial charge in [-0.3, -0.25) is 9.52 Å². The molecule has 0 bridgehead atoms. The second-order valence-corrected chi connectivity index (χ2v) is 5.18. The summed E-state index contributed by atoms with van der Waals surface area (Å²) < 4.78 is 2.56. The molecule has 0 aromatic heterocycles. The van der Waals surface area contributed by atoms with Crippen LogP contribution in [-0.2, 0) is 4.79 Å². The van der Waals surface area contributed by atoms with Gasteiger partial charge in [0.2, 0.25) is 5.91 Å². The molecule has 0 aliphatic rings. The van der Waals surface area contributed by atoms with Crippen LogP contribution in [0.5, 0.6) is 0 Å². The number of thiol groups is 1. The van der Waals surface area contributed by atoms with Gasteiger partial charge in [-0.2, -0.15) is 0 Å². The topological polar surface area (TPSA) is 67.2 Å². The minimum absolute atomic E-state index is 0.351. The van der Waals surface area contributed by atoms with Gasteiger partial charge in [0.1, 0.15) is 6.04 Å². The maximum absolute atomic E-state index is 10.7. The first-order valence-electron chi connectivity index (χ1n) is 3.80. The number of carbonyl (C=O) groups is 1. The van der Waals surface area contributed by atoms with Gasteiger partial charge >= 0.3 is 0 Å². The van der Waals surface area contributed by atoms with E-state index in [2.05, 4.69) is 22.9 Å². The van der Waals surface area contributed by atoms with E-state index in [1.165, 1.54) is 0 Å². The quantitative estimate of drug-likeness (QED) is 0.271. The fourth-order valence-corrected chi connectivity index (χ4v) is 3.03. The maximum atomic E-state index is 10.7. The summed E-state index contributed by atoms with van der Waals surface area (Å²) in [4.78, 5) is 10.7. The van der Waals surface area contributed by atoms with Gasteiger partial charge in [-0.15, -0.1) is 0 Å². The highest BCUT2D eigenvalue weighted by atomic mass is 33.1. The highest BCUT2D eigenvalue weighted by Gasteiger charge is 2.12. The SMILES string of the molecule is CNCCSSC[C@H](NS)C(N)=O. The summed E-state index contributed by atoms with van der Waals surface area (Å²) in [6.45, 7) is 0.965. The van der Waals surface area contributed by atoms with Gasteiger partial charge < -0.3 is 11.1 Å². The first-order chi connectivity index (χ1) is 6.22. The van der Waals surface area contributed by atoms with Crippen molar-refractivity contribution in [3.05, 3.63) is 0 Å². The fourth-order valence-electron chi connectivity index (χ4n) is 0.502. The molecular weight excluding hydrogens is 226 g/mol. The minimum Gasteiger partial charge on any atom is -0.368 e. The molecule has 0 aliphatic heterocycles. The Hall–Kier alpha value is 0.440. The maximum Gasteiger partial charge on any atom is 0.236 e. The van der Waals surface area contributed by atoms with Gasteiger partial charge in [-0.05, 0) is 7.05 Å². The van der Waals surface area contributed by atoms with Crippen molar-refractivity contribution in [1.29, 1.82) is 0 Å². The second kappa shape index (κ2) is 9.01. The molecule has 4 nitrogen and oxygen atoms in total. The molecule has 0 fully saturated rings. The number of primary amides is 1. The average molecular weight is 241 g/mol. The Morgan fingerprint density at radius 2 is 2.31 bits per heavy atom. The first kappa shape index (κ1) is 13.4. The number of nitrogens with two attached hydrogens (primary N) is 1. The zero-order valence-corrected chi connectivity index (χ0v) is 9.98. The van der Waals surface area contributed by atoms with Crippen molar-refractivity contribution >= 4 is 40.3 Å². The van der Waals surface area contributed by atoms with Gasteiger partial charge in [-0.25, -0.2) is 0 Å². The Kier molecular flexibility index (Phi) is 9.32. The van der Waals surface area contributed by atoms with Crippen LogP contribution >= 0.6 is 34.4 Å². The molecule has 0 aliphatic carbocycles. The molecule has 1 amide bonds. The van der Waals surface area contributed by atoms with Crippen LogP contribution in [0.4, 0.5) is 0 Å². The number of amides is 1. The number of hydrogen-bond donors (Lipinski definition) is 4. The molecule has 1 atom stereocenters. The van der Waals surface area contributed by atoms with Crippen molar-refractivity contribution in [3.8, 4) is 0 Å². The van der Waals surface area contributed by atoms with E-state index in [-0.39, 0.29) is 11.9 Å². The van der Waals surface area contributed by atoms with Gasteiger partial charge in [0.25, 0.3) is 0 Å². The van der Waals surface area contributed by atoms with E-state index in [0.717, 1.165) is 12.3 Å². The third-order valence-electron chi connectivity index (χ3n) is 1.25. The summed E-state index contributed by atoms with van der Waals surface area (Å²) in [6.07, 6.45) is 0. The van der Waals surface area contributed by atoms with Crippen molar-refractivity contribution in [3.63, 3.8) is 0 Å². The van der Waals surface area contributed by atoms with Crippen molar-refractivity contribution in [2.24, 2.45) is 5.73 Å². The van der Waals surface area contributed by atoms with Crippen LogP contribution in [0.3, 0.4) is 0 Å². The summed E-state index contributed by atoms with van der Waals surface area (Å²) in [5.74, 6) is 1.30.